The highest BCUT2D eigenvalue weighted by Crippen LogP contribution is 2.40. The van der Waals surface area contributed by atoms with Crippen molar-refractivity contribution in [3.63, 3.8) is 0 Å². The number of halogens is 5. The van der Waals surface area contributed by atoms with Gasteiger partial charge in [0.25, 0.3) is 5.91 Å². The summed E-state index contributed by atoms with van der Waals surface area (Å²) in [5.74, 6) is -3.19. The van der Waals surface area contributed by atoms with Crippen molar-refractivity contribution in [2.75, 3.05) is 13.6 Å². The molecule has 1 saturated heterocycles. The minimum Gasteiger partial charge on any atom is -0.444 e. The maximum Gasteiger partial charge on any atom is 0.392 e. The van der Waals surface area contributed by atoms with E-state index >= 15 is 0 Å². The second-order valence-corrected chi connectivity index (χ2v) is 10.2. The van der Waals surface area contributed by atoms with Gasteiger partial charge in [0.05, 0.1) is 17.8 Å². The van der Waals surface area contributed by atoms with E-state index in [9.17, 15) is 31.5 Å². The summed E-state index contributed by atoms with van der Waals surface area (Å²) in [5.41, 5.74) is 3.14. The highest BCUT2D eigenvalue weighted by atomic mass is 19.4. The van der Waals surface area contributed by atoms with Crippen LogP contribution in [0.3, 0.4) is 0 Å². The molecule has 220 valence electrons. The Hall–Kier alpha value is -4.12. The van der Waals surface area contributed by atoms with Crippen LogP contribution in [-0.4, -0.2) is 66.0 Å². The molecule has 0 radical (unpaired) electrons. The molecular formula is C28H30F5N5O3. The smallest absolute Gasteiger partial charge is 0.392 e. The van der Waals surface area contributed by atoms with Gasteiger partial charge in [-0.3, -0.25) is 24.9 Å². The normalized spacial score (nSPS) is 20.2. The minimum atomic E-state index is -4.36. The number of hydrogen-bond donors (Lipinski definition) is 2. The van der Waals surface area contributed by atoms with Gasteiger partial charge in [-0.15, -0.1) is 5.73 Å². The van der Waals surface area contributed by atoms with Gasteiger partial charge in [-0.25, -0.2) is 13.8 Å². The molecule has 2 atom stereocenters. The molecule has 1 fully saturated rings. The number of nitrogens with one attached hydrogen (secondary N) is 2. The molecule has 2 amide bonds. The Kier molecular flexibility index (Phi) is 9.33. The van der Waals surface area contributed by atoms with Gasteiger partial charge < -0.3 is 9.73 Å². The molecule has 2 N–H and O–H groups in total. The SMILES string of the molecule is CN=CC(NC(=O)c1coc(C2=CC(C(C)=CCC(F)(F)F)=C=C(C)C=C2)n1)C(=N)N1CC(C(F)F)C(C)(C)C1=O. The van der Waals surface area contributed by atoms with Gasteiger partial charge in [-0.05, 0) is 37.1 Å². The van der Waals surface area contributed by atoms with Gasteiger partial charge in [-0.2, -0.15) is 13.2 Å². The minimum absolute atomic E-state index is 0.00366. The van der Waals surface area contributed by atoms with Gasteiger partial charge in [0.15, 0.2) is 5.69 Å². The lowest BCUT2D eigenvalue weighted by atomic mass is 9.82. The zero-order valence-electron chi connectivity index (χ0n) is 23.1. The van der Waals surface area contributed by atoms with Crippen LogP contribution in [0, 0.1) is 16.7 Å². The van der Waals surface area contributed by atoms with Crippen LogP contribution < -0.4 is 5.32 Å². The van der Waals surface area contributed by atoms with E-state index in [4.69, 9.17) is 9.83 Å². The standard InChI is InChI=1S/C28H30F5N5O3/c1-15-6-7-17(11-18(10-15)16(2)8-9-28(31,32)33)25-37-21(14-41-25)24(39)36-20(12-35-5)23(34)38-13-19(22(29)30)27(3,4)26(38)40/h6-8,11-12,14,19-20,22,34H,9,13H2,1-5H3,(H,36,39). The van der Waals surface area contributed by atoms with E-state index in [0.29, 0.717) is 22.3 Å². The third kappa shape index (κ3) is 7.35. The molecule has 2 aliphatic rings. The summed E-state index contributed by atoms with van der Waals surface area (Å²) in [6.45, 7) is 5.63. The maximum absolute atomic E-state index is 13.6. The van der Waals surface area contributed by atoms with Crippen LogP contribution >= 0.6 is 0 Å². The highest BCUT2D eigenvalue weighted by Gasteiger charge is 2.53. The van der Waals surface area contributed by atoms with Gasteiger partial charge in [-0.1, -0.05) is 26.0 Å². The van der Waals surface area contributed by atoms with Crippen LogP contribution in [0.25, 0.3) is 5.57 Å². The molecule has 8 nitrogen and oxygen atoms in total. The third-order valence-corrected chi connectivity index (χ3v) is 6.77. The lowest BCUT2D eigenvalue weighted by Gasteiger charge is -2.24. The number of nitrogens with zero attached hydrogens (tertiary/aromatic N) is 3. The van der Waals surface area contributed by atoms with E-state index < -0.39 is 54.0 Å². The number of likely N-dealkylation sites (tertiary alicyclic amines) is 1. The molecular weight excluding hydrogens is 549 g/mol. The first kappa shape index (κ1) is 31.4. The molecule has 1 aromatic rings. The van der Waals surface area contributed by atoms with Crippen molar-refractivity contribution in [2.45, 2.75) is 52.8 Å². The van der Waals surface area contributed by atoms with Gasteiger partial charge in [0.2, 0.25) is 18.2 Å². The Labute approximate surface area is 233 Å². The number of carbonyl (C=O) groups is 2. The first-order valence-corrected chi connectivity index (χ1v) is 12.5. The molecule has 13 heteroatoms. The average molecular weight is 580 g/mol. The zero-order valence-corrected chi connectivity index (χ0v) is 23.1. The number of amides is 2. The van der Waals surface area contributed by atoms with Crippen molar-refractivity contribution >= 4 is 29.4 Å². The third-order valence-electron chi connectivity index (χ3n) is 6.77. The largest absolute Gasteiger partial charge is 0.444 e. The molecule has 0 bridgehead atoms. The van der Waals surface area contributed by atoms with Crippen molar-refractivity contribution < 1.29 is 36.0 Å². The number of oxazole rings is 1. The molecule has 0 aromatic carbocycles. The molecule has 3 rings (SSSR count). The van der Waals surface area contributed by atoms with Crippen LogP contribution in [0.15, 0.2) is 62.4 Å². The van der Waals surface area contributed by atoms with Gasteiger partial charge >= 0.3 is 6.18 Å². The number of carbonyl (C=O) groups excluding carboxylic acids is 2. The maximum atomic E-state index is 13.6. The summed E-state index contributed by atoms with van der Waals surface area (Å²) in [7, 11) is 1.38. The first-order valence-electron chi connectivity index (χ1n) is 12.5. The second-order valence-electron chi connectivity index (χ2n) is 10.2. The first-order chi connectivity index (χ1) is 19.0. The molecule has 2 unspecified atom stereocenters. The number of rotatable bonds is 8. The number of aliphatic imine (C=N–C) groups is 1. The Bertz CT molecular complexity index is 1410. The predicted octanol–water partition coefficient (Wildman–Crippen LogP) is 5.52. The Morgan fingerprint density at radius 1 is 1.37 bits per heavy atom. The second kappa shape index (κ2) is 12.2. The summed E-state index contributed by atoms with van der Waals surface area (Å²) >= 11 is 0. The van der Waals surface area contributed by atoms with Crippen molar-refractivity contribution in [2.24, 2.45) is 16.3 Å². The van der Waals surface area contributed by atoms with E-state index in [1.54, 1.807) is 19.1 Å². The number of hydrogen-bond acceptors (Lipinski definition) is 6. The van der Waals surface area contributed by atoms with E-state index in [0.717, 1.165) is 17.2 Å². The number of alkyl halides is 5. The summed E-state index contributed by atoms with van der Waals surface area (Å²) in [4.78, 5) is 34.8. The van der Waals surface area contributed by atoms with Crippen molar-refractivity contribution in [1.29, 1.82) is 5.41 Å². The fraction of sp³-hybridized carbons (Fsp3) is 0.429. The summed E-state index contributed by atoms with van der Waals surface area (Å²) in [6.07, 6.45) is -0.146. The van der Waals surface area contributed by atoms with Crippen LogP contribution in [0.4, 0.5) is 22.0 Å². The van der Waals surface area contributed by atoms with Crippen LogP contribution in [0.5, 0.6) is 0 Å². The molecule has 2 heterocycles. The summed E-state index contributed by atoms with van der Waals surface area (Å²) < 4.78 is 70.7. The lowest BCUT2D eigenvalue weighted by Crippen LogP contribution is -2.50. The van der Waals surface area contributed by atoms with Crippen molar-refractivity contribution in [3.8, 4) is 0 Å². The van der Waals surface area contributed by atoms with Crippen LogP contribution in [-0.2, 0) is 4.79 Å². The van der Waals surface area contributed by atoms with Crippen LogP contribution in [0.2, 0.25) is 0 Å². The fourth-order valence-corrected chi connectivity index (χ4v) is 4.27. The molecule has 41 heavy (non-hydrogen) atoms. The van der Waals surface area contributed by atoms with E-state index in [1.165, 1.54) is 40.1 Å². The lowest BCUT2D eigenvalue weighted by molar-refractivity contribution is -0.133. The van der Waals surface area contributed by atoms with E-state index in [-0.39, 0.29) is 18.1 Å². The number of allylic oxidation sites excluding steroid dienone is 7. The van der Waals surface area contributed by atoms with Crippen molar-refractivity contribution in [3.05, 3.63) is 64.6 Å². The number of aromatic nitrogens is 1. The van der Waals surface area contributed by atoms with Gasteiger partial charge in [0, 0.05) is 31.0 Å². The van der Waals surface area contributed by atoms with E-state index in [1.807, 2.05) is 0 Å². The Balaban J connectivity index is 1.81. The Morgan fingerprint density at radius 2 is 2.05 bits per heavy atom. The monoisotopic (exact) mass is 579 g/mol. The quantitative estimate of drug-likeness (QED) is 0.183. The summed E-state index contributed by atoms with van der Waals surface area (Å²) in [5, 5.41) is 11.0. The topological polar surface area (TPSA) is 112 Å². The average Bonchev–Trinajstić information content (AvgIpc) is 3.40. The van der Waals surface area contributed by atoms with E-state index in [2.05, 4.69) is 21.0 Å². The van der Waals surface area contributed by atoms with Crippen molar-refractivity contribution in [1.82, 2.24) is 15.2 Å². The molecule has 1 aromatic heterocycles. The molecule has 0 saturated carbocycles. The van der Waals surface area contributed by atoms with Crippen LogP contribution in [0.1, 0.15) is 50.5 Å². The fourth-order valence-electron chi connectivity index (χ4n) is 4.27. The highest BCUT2D eigenvalue weighted by molar-refractivity contribution is 6.11. The number of amidine groups is 1. The molecule has 1 aliphatic heterocycles. The summed E-state index contributed by atoms with van der Waals surface area (Å²) in [6, 6.07) is -1.23. The molecule has 1 aliphatic carbocycles. The molecule has 0 spiro atoms. The zero-order chi connectivity index (χ0) is 30.7. The Morgan fingerprint density at radius 3 is 2.63 bits per heavy atom. The predicted molar refractivity (Wildman–Crippen MR) is 143 cm³/mol. The van der Waals surface area contributed by atoms with Gasteiger partial charge in [0.1, 0.15) is 18.1 Å².